The standard InChI is InChI=1S/C16H18FN5O2/c1-8-5-9(17)13(20-15(8)18)10-7-19-12-6-11(24-4)14(16(2,3)23)21-22(10)12/h5-7,23H,1-4H3,(H2,18,20). The van der Waals surface area contributed by atoms with Crippen LogP contribution >= 0.6 is 0 Å². The van der Waals surface area contributed by atoms with Crippen LogP contribution in [0, 0.1) is 12.7 Å². The van der Waals surface area contributed by atoms with Gasteiger partial charge < -0.3 is 15.6 Å². The van der Waals surface area contributed by atoms with E-state index in [1.54, 1.807) is 26.8 Å². The van der Waals surface area contributed by atoms with E-state index in [4.69, 9.17) is 10.5 Å². The smallest absolute Gasteiger partial charge is 0.157 e. The van der Waals surface area contributed by atoms with Crippen molar-refractivity contribution >= 4 is 11.5 Å². The highest BCUT2D eigenvalue weighted by Crippen LogP contribution is 2.31. The molecule has 126 valence electrons. The largest absolute Gasteiger partial charge is 0.495 e. The first-order valence-electron chi connectivity index (χ1n) is 7.31. The Morgan fingerprint density at radius 3 is 2.67 bits per heavy atom. The lowest BCUT2D eigenvalue weighted by atomic mass is 10.0. The number of rotatable bonds is 3. The summed E-state index contributed by atoms with van der Waals surface area (Å²) in [7, 11) is 1.48. The lowest BCUT2D eigenvalue weighted by Crippen LogP contribution is -2.20. The highest BCUT2D eigenvalue weighted by Gasteiger charge is 2.26. The van der Waals surface area contributed by atoms with E-state index in [2.05, 4.69) is 15.1 Å². The van der Waals surface area contributed by atoms with Crippen LogP contribution in [0.4, 0.5) is 10.2 Å². The zero-order chi connectivity index (χ0) is 17.6. The summed E-state index contributed by atoms with van der Waals surface area (Å²) in [6.07, 6.45) is 1.45. The quantitative estimate of drug-likeness (QED) is 0.762. The molecular formula is C16H18FN5O2. The fraction of sp³-hybridized carbons (Fsp3) is 0.312. The predicted octanol–water partition coefficient (Wildman–Crippen LogP) is 2.06. The van der Waals surface area contributed by atoms with E-state index >= 15 is 0 Å². The number of fused-ring (bicyclic) bond motifs is 1. The molecule has 0 aliphatic carbocycles. The van der Waals surface area contributed by atoms with Crippen molar-refractivity contribution < 1.29 is 14.2 Å². The van der Waals surface area contributed by atoms with E-state index in [1.807, 2.05) is 0 Å². The maximum atomic E-state index is 14.3. The summed E-state index contributed by atoms with van der Waals surface area (Å²) in [5.74, 6) is 0.104. The van der Waals surface area contributed by atoms with E-state index in [9.17, 15) is 9.50 Å². The molecule has 0 radical (unpaired) electrons. The number of imidazole rings is 1. The second-order valence-corrected chi connectivity index (χ2v) is 6.05. The molecule has 0 aromatic carbocycles. The molecule has 0 amide bonds. The molecule has 0 saturated carbocycles. The topological polar surface area (TPSA) is 98.6 Å². The Kier molecular flexibility index (Phi) is 3.64. The number of pyridine rings is 1. The Morgan fingerprint density at radius 2 is 2.04 bits per heavy atom. The number of anilines is 1. The van der Waals surface area contributed by atoms with Crippen LogP contribution in [0.15, 0.2) is 18.3 Å². The van der Waals surface area contributed by atoms with Crippen LogP contribution in [0.2, 0.25) is 0 Å². The van der Waals surface area contributed by atoms with E-state index < -0.39 is 11.4 Å². The molecule has 0 saturated heterocycles. The molecular weight excluding hydrogens is 313 g/mol. The summed E-state index contributed by atoms with van der Waals surface area (Å²) in [6, 6.07) is 2.94. The molecule has 0 spiro atoms. The maximum Gasteiger partial charge on any atom is 0.157 e. The average molecular weight is 331 g/mol. The molecule has 3 aromatic rings. The van der Waals surface area contributed by atoms with E-state index in [1.165, 1.54) is 23.9 Å². The van der Waals surface area contributed by atoms with Gasteiger partial charge in [0.2, 0.25) is 0 Å². The van der Waals surface area contributed by atoms with Gasteiger partial charge in [-0.2, -0.15) is 5.10 Å². The number of ether oxygens (including phenoxy) is 1. The Morgan fingerprint density at radius 1 is 1.33 bits per heavy atom. The summed E-state index contributed by atoms with van der Waals surface area (Å²) < 4.78 is 21.0. The minimum atomic E-state index is -1.25. The van der Waals surface area contributed by atoms with Crippen molar-refractivity contribution in [2.75, 3.05) is 12.8 Å². The molecule has 0 bridgehead atoms. The minimum absolute atomic E-state index is 0.0463. The van der Waals surface area contributed by atoms with Crippen LogP contribution in [0.25, 0.3) is 17.0 Å². The molecule has 0 aliphatic heterocycles. The molecule has 3 rings (SSSR count). The van der Waals surface area contributed by atoms with Crippen LogP contribution in [-0.4, -0.2) is 31.8 Å². The van der Waals surface area contributed by atoms with Gasteiger partial charge >= 0.3 is 0 Å². The second-order valence-electron chi connectivity index (χ2n) is 6.05. The number of methoxy groups -OCH3 is 1. The van der Waals surface area contributed by atoms with Gasteiger partial charge in [-0.3, -0.25) is 0 Å². The van der Waals surface area contributed by atoms with Crippen LogP contribution in [-0.2, 0) is 5.60 Å². The number of nitrogen functional groups attached to an aromatic ring is 1. The Balaban J connectivity index is 2.30. The van der Waals surface area contributed by atoms with Crippen molar-refractivity contribution in [1.29, 1.82) is 0 Å². The second kappa shape index (κ2) is 5.41. The summed E-state index contributed by atoms with van der Waals surface area (Å²) in [5.41, 5.74) is 6.22. The molecule has 7 nitrogen and oxygen atoms in total. The van der Waals surface area contributed by atoms with Crippen molar-refractivity contribution in [1.82, 2.24) is 19.6 Å². The zero-order valence-electron chi connectivity index (χ0n) is 13.8. The maximum absolute atomic E-state index is 14.3. The number of hydrogen-bond donors (Lipinski definition) is 2. The van der Waals surface area contributed by atoms with Crippen LogP contribution in [0.3, 0.4) is 0 Å². The van der Waals surface area contributed by atoms with Gasteiger partial charge in [0.05, 0.1) is 13.3 Å². The fourth-order valence-electron chi connectivity index (χ4n) is 2.41. The summed E-state index contributed by atoms with van der Waals surface area (Å²) in [4.78, 5) is 8.32. The van der Waals surface area contributed by atoms with Gasteiger partial charge in [0, 0.05) is 6.07 Å². The molecule has 0 fully saturated rings. The van der Waals surface area contributed by atoms with Gasteiger partial charge in [-0.05, 0) is 32.4 Å². The van der Waals surface area contributed by atoms with Crippen LogP contribution in [0.5, 0.6) is 5.75 Å². The Bertz CT molecular complexity index is 930. The molecule has 24 heavy (non-hydrogen) atoms. The summed E-state index contributed by atoms with van der Waals surface area (Å²) in [5, 5.41) is 14.7. The fourth-order valence-corrected chi connectivity index (χ4v) is 2.41. The monoisotopic (exact) mass is 331 g/mol. The molecule has 8 heteroatoms. The lowest BCUT2D eigenvalue weighted by Gasteiger charge is -2.19. The number of nitrogens with two attached hydrogens (primary N) is 1. The van der Waals surface area contributed by atoms with Gasteiger partial charge in [-0.25, -0.2) is 18.9 Å². The molecule has 3 N–H and O–H groups in total. The molecule has 0 aliphatic rings. The third-order valence-corrected chi connectivity index (χ3v) is 3.71. The number of halogens is 1. The van der Waals surface area contributed by atoms with Crippen molar-refractivity contribution in [2.24, 2.45) is 0 Å². The zero-order valence-corrected chi connectivity index (χ0v) is 13.8. The van der Waals surface area contributed by atoms with Crippen molar-refractivity contribution in [3.8, 4) is 17.1 Å². The number of hydrogen-bond acceptors (Lipinski definition) is 6. The molecule has 0 atom stereocenters. The molecule has 0 unspecified atom stereocenters. The summed E-state index contributed by atoms with van der Waals surface area (Å²) in [6.45, 7) is 4.85. The normalized spacial score (nSPS) is 11.9. The SMILES string of the molecule is COc1cc2ncc(-c3nc(N)c(C)cc3F)n2nc1C(C)(C)O. The number of nitrogens with zero attached hydrogens (tertiary/aromatic N) is 4. The third kappa shape index (κ3) is 2.54. The highest BCUT2D eigenvalue weighted by atomic mass is 19.1. The third-order valence-electron chi connectivity index (χ3n) is 3.71. The number of aliphatic hydroxyl groups is 1. The predicted molar refractivity (Wildman–Crippen MR) is 87.1 cm³/mol. The average Bonchev–Trinajstić information content (AvgIpc) is 2.91. The van der Waals surface area contributed by atoms with Crippen molar-refractivity contribution in [2.45, 2.75) is 26.4 Å². The molecule has 3 heterocycles. The van der Waals surface area contributed by atoms with E-state index in [0.717, 1.165) is 0 Å². The van der Waals surface area contributed by atoms with Crippen LogP contribution in [0.1, 0.15) is 25.1 Å². The number of aromatic nitrogens is 4. The molecule has 3 aromatic heterocycles. The lowest BCUT2D eigenvalue weighted by molar-refractivity contribution is 0.0694. The first-order valence-corrected chi connectivity index (χ1v) is 7.31. The van der Waals surface area contributed by atoms with E-state index in [-0.39, 0.29) is 11.5 Å². The van der Waals surface area contributed by atoms with Gasteiger partial charge in [-0.15, -0.1) is 0 Å². The van der Waals surface area contributed by atoms with Gasteiger partial charge in [0.15, 0.2) is 11.5 Å². The summed E-state index contributed by atoms with van der Waals surface area (Å²) >= 11 is 0. The van der Waals surface area contributed by atoms with Gasteiger partial charge in [0.25, 0.3) is 0 Å². The number of aryl methyl sites for hydroxylation is 1. The minimum Gasteiger partial charge on any atom is -0.495 e. The van der Waals surface area contributed by atoms with Gasteiger partial charge in [0.1, 0.15) is 34.3 Å². The van der Waals surface area contributed by atoms with Crippen molar-refractivity contribution in [3.63, 3.8) is 0 Å². The Hall–Kier alpha value is -2.74. The van der Waals surface area contributed by atoms with Gasteiger partial charge in [-0.1, -0.05) is 0 Å². The van der Waals surface area contributed by atoms with E-state index in [0.29, 0.717) is 28.3 Å². The highest BCUT2D eigenvalue weighted by molar-refractivity contribution is 5.63. The first kappa shape index (κ1) is 16.1. The first-order chi connectivity index (χ1) is 11.2. The Labute approximate surface area is 137 Å². The van der Waals surface area contributed by atoms with Crippen molar-refractivity contribution in [3.05, 3.63) is 35.4 Å². The van der Waals surface area contributed by atoms with Crippen LogP contribution < -0.4 is 10.5 Å².